The lowest BCUT2D eigenvalue weighted by Crippen LogP contribution is -2.37. The van der Waals surface area contributed by atoms with Crippen LogP contribution in [-0.4, -0.2) is 12.5 Å². The minimum Gasteiger partial charge on any atom is -0.482 e. The lowest BCUT2D eigenvalue weighted by molar-refractivity contribution is -0.120. The van der Waals surface area contributed by atoms with Crippen molar-refractivity contribution < 1.29 is 9.53 Å². The van der Waals surface area contributed by atoms with Gasteiger partial charge in [0.25, 0.3) is 5.91 Å². The molecule has 0 unspecified atom stereocenters. The number of nitrogens with zero attached hydrogens (tertiary/aromatic N) is 1. The van der Waals surface area contributed by atoms with E-state index in [9.17, 15) is 4.79 Å². The lowest BCUT2D eigenvalue weighted by Gasteiger charge is -2.30. The van der Waals surface area contributed by atoms with Crippen molar-refractivity contribution in [3.63, 3.8) is 0 Å². The molecule has 3 nitrogen and oxygen atoms in total. The average molecular weight is 241 g/mol. The Morgan fingerprint density at radius 2 is 2.22 bits per heavy atom. The molecule has 0 atom stereocenters. The molecule has 0 radical (unpaired) electrons. The number of aryl methyl sites for hydroxylation is 1. The Balaban J connectivity index is 2.57. The van der Waals surface area contributed by atoms with Gasteiger partial charge in [0.1, 0.15) is 5.75 Å². The highest BCUT2D eigenvalue weighted by atomic mass is 16.5. The fourth-order valence-electron chi connectivity index (χ4n) is 1.90. The van der Waals surface area contributed by atoms with Gasteiger partial charge in [-0.05, 0) is 36.8 Å². The SMILES string of the molecule is C=C/C=C(\C=C)N1C(=O)COc2ccc(C)cc21. The maximum absolute atomic E-state index is 12.0. The number of hydrogen-bond donors (Lipinski definition) is 0. The predicted molar refractivity (Wildman–Crippen MR) is 72.6 cm³/mol. The molecule has 0 N–H and O–H groups in total. The number of benzene rings is 1. The first-order chi connectivity index (χ1) is 8.67. The molecule has 1 aromatic rings. The quantitative estimate of drug-likeness (QED) is 0.761. The molecule has 1 amide bonds. The van der Waals surface area contributed by atoms with Gasteiger partial charge < -0.3 is 4.74 Å². The molecule has 1 aliphatic rings. The molecule has 0 aliphatic carbocycles. The number of anilines is 1. The Morgan fingerprint density at radius 3 is 2.89 bits per heavy atom. The van der Waals surface area contributed by atoms with Gasteiger partial charge in [0.2, 0.25) is 0 Å². The Hall–Kier alpha value is -2.29. The van der Waals surface area contributed by atoms with E-state index >= 15 is 0 Å². The van der Waals surface area contributed by atoms with E-state index in [2.05, 4.69) is 13.2 Å². The fraction of sp³-hybridized carbons (Fsp3) is 0.133. The summed E-state index contributed by atoms with van der Waals surface area (Å²) >= 11 is 0. The zero-order valence-electron chi connectivity index (χ0n) is 10.3. The lowest BCUT2D eigenvalue weighted by atomic mass is 10.1. The van der Waals surface area contributed by atoms with Crippen LogP contribution in [0.1, 0.15) is 5.56 Å². The number of hydrogen-bond acceptors (Lipinski definition) is 2. The van der Waals surface area contributed by atoms with E-state index in [1.54, 1.807) is 23.1 Å². The number of amides is 1. The molecule has 18 heavy (non-hydrogen) atoms. The van der Waals surface area contributed by atoms with Crippen molar-refractivity contribution >= 4 is 11.6 Å². The summed E-state index contributed by atoms with van der Waals surface area (Å²) in [5.41, 5.74) is 2.52. The normalized spacial score (nSPS) is 14.8. The van der Waals surface area contributed by atoms with Crippen LogP contribution >= 0.6 is 0 Å². The van der Waals surface area contributed by atoms with Crippen molar-refractivity contribution in [2.24, 2.45) is 0 Å². The van der Waals surface area contributed by atoms with E-state index in [0.29, 0.717) is 11.4 Å². The second-order valence-electron chi connectivity index (χ2n) is 4.02. The molecule has 2 rings (SSSR count). The van der Waals surface area contributed by atoms with Crippen LogP contribution in [0.25, 0.3) is 0 Å². The third-order valence-electron chi connectivity index (χ3n) is 2.71. The maximum atomic E-state index is 12.0. The van der Waals surface area contributed by atoms with Crippen molar-refractivity contribution in [1.29, 1.82) is 0 Å². The zero-order valence-corrected chi connectivity index (χ0v) is 10.3. The van der Waals surface area contributed by atoms with E-state index < -0.39 is 0 Å². The Kier molecular flexibility index (Phi) is 3.33. The summed E-state index contributed by atoms with van der Waals surface area (Å²) in [5, 5.41) is 0. The van der Waals surface area contributed by atoms with Crippen LogP contribution < -0.4 is 9.64 Å². The minimum absolute atomic E-state index is 0.0401. The molecule has 0 saturated carbocycles. The van der Waals surface area contributed by atoms with Crippen LogP contribution in [0.3, 0.4) is 0 Å². The summed E-state index contributed by atoms with van der Waals surface area (Å²) < 4.78 is 5.42. The van der Waals surface area contributed by atoms with Gasteiger partial charge in [0.05, 0.1) is 5.69 Å². The number of ether oxygens (including phenoxy) is 1. The molecule has 0 spiro atoms. The smallest absolute Gasteiger partial charge is 0.269 e. The van der Waals surface area contributed by atoms with Crippen molar-refractivity contribution in [2.45, 2.75) is 6.92 Å². The van der Waals surface area contributed by atoms with E-state index in [-0.39, 0.29) is 12.5 Å². The molecule has 0 bridgehead atoms. The standard InChI is InChI=1S/C15H15NO2/c1-4-6-12(5-2)16-13-9-11(3)7-8-14(13)18-10-15(16)17/h4-9H,1-2,10H2,3H3/b12-6+. The van der Waals surface area contributed by atoms with Gasteiger partial charge in [0.15, 0.2) is 6.61 Å². The summed E-state index contributed by atoms with van der Waals surface area (Å²) in [6.45, 7) is 9.40. The molecule has 92 valence electrons. The van der Waals surface area contributed by atoms with Crippen LogP contribution in [0.4, 0.5) is 5.69 Å². The van der Waals surface area contributed by atoms with Crippen LogP contribution in [0.2, 0.25) is 0 Å². The monoisotopic (exact) mass is 241 g/mol. The molecular weight excluding hydrogens is 226 g/mol. The summed E-state index contributed by atoms with van der Waals surface area (Å²) in [4.78, 5) is 13.6. The highest BCUT2D eigenvalue weighted by Crippen LogP contribution is 2.35. The van der Waals surface area contributed by atoms with Crippen molar-refractivity contribution in [1.82, 2.24) is 0 Å². The van der Waals surface area contributed by atoms with Crippen molar-refractivity contribution in [3.8, 4) is 5.75 Å². The van der Waals surface area contributed by atoms with Gasteiger partial charge in [-0.2, -0.15) is 0 Å². The first-order valence-electron chi connectivity index (χ1n) is 5.69. The van der Waals surface area contributed by atoms with Gasteiger partial charge in [-0.25, -0.2) is 0 Å². The highest BCUT2D eigenvalue weighted by molar-refractivity contribution is 6.01. The second-order valence-corrected chi connectivity index (χ2v) is 4.02. The van der Waals surface area contributed by atoms with Gasteiger partial charge in [0, 0.05) is 5.70 Å². The molecule has 1 heterocycles. The van der Waals surface area contributed by atoms with Crippen LogP contribution in [0.5, 0.6) is 5.75 Å². The van der Waals surface area contributed by atoms with Crippen LogP contribution in [0.15, 0.2) is 55.3 Å². The van der Waals surface area contributed by atoms with Gasteiger partial charge in [-0.15, -0.1) is 0 Å². The van der Waals surface area contributed by atoms with Gasteiger partial charge in [-0.3, -0.25) is 9.69 Å². The first kappa shape index (κ1) is 12.2. The van der Waals surface area contributed by atoms with Gasteiger partial charge >= 0.3 is 0 Å². The van der Waals surface area contributed by atoms with Crippen molar-refractivity contribution in [3.05, 3.63) is 60.8 Å². The van der Waals surface area contributed by atoms with E-state index in [4.69, 9.17) is 4.74 Å². The summed E-state index contributed by atoms with van der Waals surface area (Å²) in [6.07, 6.45) is 5.02. The number of fused-ring (bicyclic) bond motifs is 1. The van der Waals surface area contributed by atoms with Gasteiger partial charge in [-0.1, -0.05) is 25.3 Å². The van der Waals surface area contributed by atoms with Crippen molar-refractivity contribution in [2.75, 3.05) is 11.5 Å². The topological polar surface area (TPSA) is 29.5 Å². The Labute approximate surface area is 107 Å². The Bertz CT molecular complexity index is 543. The zero-order chi connectivity index (χ0) is 13.1. The average Bonchev–Trinajstić information content (AvgIpc) is 2.36. The third-order valence-corrected chi connectivity index (χ3v) is 2.71. The largest absolute Gasteiger partial charge is 0.482 e. The molecule has 0 fully saturated rings. The number of carbonyl (C=O) groups excluding carboxylic acids is 1. The summed E-state index contributed by atoms with van der Waals surface area (Å²) in [5.74, 6) is 0.595. The molecule has 0 aromatic heterocycles. The molecule has 1 aliphatic heterocycles. The number of carbonyl (C=O) groups is 1. The second kappa shape index (κ2) is 4.92. The molecule has 3 heteroatoms. The molecule has 1 aromatic carbocycles. The first-order valence-corrected chi connectivity index (χ1v) is 5.69. The van der Waals surface area contributed by atoms with Crippen LogP contribution in [0, 0.1) is 6.92 Å². The minimum atomic E-state index is -0.110. The maximum Gasteiger partial charge on any atom is 0.269 e. The highest BCUT2D eigenvalue weighted by Gasteiger charge is 2.27. The Morgan fingerprint density at radius 1 is 1.44 bits per heavy atom. The van der Waals surface area contributed by atoms with E-state index in [1.807, 2.05) is 25.1 Å². The summed E-state index contributed by atoms with van der Waals surface area (Å²) in [6, 6.07) is 5.75. The third kappa shape index (κ3) is 2.07. The fourth-order valence-corrected chi connectivity index (χ4v) is 1.90. The van der Waals surface area contributed by atoms with E-state index in [1.165, 1.54) is 0 Å². The number of rotatable bonds is 3. The molecule has 0 saturated heterocycles. The number of allylic oxidation sites excluding steroid dienone is 3. The predicted octanol–water partition coefficient (Wildman–Crippen LogP) is 2.98. The summed E-state index contributed by atoms with van der Waals surface area (Å²) in [7, 11) is 0. The van der Waals surface area contributed by atoms with Crippen LogP contribution in [-0.2, 0) is 4.79 Å². The molecular formula is C15H15NO2. The van der Waals surface area contributed by atoms with E-state index in [0.717, 1.165) is 11.3 Å².